The van der Waals surface area contributed by atoms with Crippen LogP contribution in [0.3, 0.4) is 0 Å². The van der Waals surface area contributed by atoms with Crippen molar-refractivity contribution in [2.24, 2.45) is 5.92 Å². The van der Waals surface area contributed by atoms with Gasteiger partial charge in [0.25, 0.3) is 0 Å². The van der Waals surface area contributed by atoms with Gasteiger partial charge in [0.1, 0.15) is 10.6 Å². The minimum Gasteiger partial charge on any atom is -0.465 e. The summed E-state index contributed by atoms with van der Waals surface area (Å²) < 4.78 is 4.84. The highest BCUT2D eigenvalue weighted by molar-refractivity contribution is 7.19. The Balaban J connectivity index is 2.49. The van der Waals surface area contributed by atoms with Crippen LogP contribution in [0.4, 0.5) is 10.7 Å². The van der Waals surface area contributed by atoms with Gasteiger partial charge in [-0.3, -0.25) is 4.79 Å². The highest BCUT2D eigenvalue weighted by atomic mass is 32.1. The fraction of sp³-hybridized carbons (Fsp3) is 0.571. The fourth-order valence-electron chi connectivity index (χ4n) is 2.27. The molecule has 0 atom stereocenters. The Labute approximate surface area is 128 Å². The van der Waals surface area contributed by atoms with Crippen molar-refractivity contribution in [2.45, 2.75) is 13.8 Å². The molecule has 1 aliphatic rings. The molecule has 0 spiro atoms. The number of carbonyl (C=O) groups is 2. The number of Topliss-reactive ketones (excluding diaryl/α,β-unsaturated/α-hetero) is 1. The number of piperazine rings is 1. The van der Waals surface area contributed by atoms with Crippen LogP contribution >= 0.6 is 11.3 Å². The van der Waals surface area contributed by atoms with Gasteiger partial charge in [-0.15, -0.1) is 11.3 Å². The van der Waals surface area contributed by atoms with Crippen molar-refractivity contribution >= 4 is 33.8 Å². The maximum atomic E-state index is 12.3. The Morgan fingerprint density at radius 2 is 1.95 bits per heavy atom. The monoisotopic (exact) mass is 311 g/mol. The second-order valence-electron chi connectivity index (χ2n) is 5.27. The van der Waals surface area contributed by atoms with E-state index in [0.717, 1.165) is 31.2 Å². The van der Waals surface area contributed by atoms with Crippen LogP contribution in [0, 0.1) is 5.92 Å². The third-order valence-electron chi connectivity index (χ3n) is 3.47. The Kier molecular flexibility index (Phi) is 4.84. The number of ketones is 1. The Morgan fingerprint density at radius 3 is 2.48 bits per heavy atom. The second-order valence-corrected chi connectivity index (χ2v) is 6.27. The van der Waals surface area contributed by atoms with Crippen molar-refractivity contribution in [3.63, 3.8) is 0 Å². The normalized spacial score (nSPS) is 15.3. The summed E-state index contributed by atoms with van der Waals surface area (Å²) in [6, 6.07) is 0. The van der Waals surface area contributed by atoms with Crippen LogP contribution in [0.15, 0.2) is 0 Å². The molecule has 1 aromatic heterocycles. The van der Waals surface area contributed by atoms with Gasteiger partial charge in [0.15, 0.2) is 5.78 Å². The molecule has 1 saturated heterocycles. The van der Waals surface area contributed by atoms with Crippen LogP contribution in [0.25, 0.3) is 0 Å². The Hall–Kier alpha value is -1.60. The molecule has 3 N–H and O–H groups in total. The number of hydrogen-bond acceptors (Lipinski definition) is 7. The number of ether oxygens (including phenoxy) is 1. The SMILES string of the molecule is COC(=O)c1c(N2CCNCC2)sc(C(=O)C(C)C)c1N. The van der Waals surface area contributed by atoms with E-state index < -0.39 is 5.97 Å². The van der Waals surface area contributed by atoms with Gasteiger partial charge in [0.2, 0.25) is 0 Å². The third-order valence-corrected chi connectivity index (χ3v) is 4.75. The first kappa shape index (κ1) is 15.8. The van der Waals surface area contributed by atoms with Crippen LogP contribution in [0.1, 0.15) is 33.9 Å². The number of nitrogens with two attached hydrogens (primary N) is 1. The summed E-state index contributed by atoms with van der Waals surface area (Å²) in [5.74, 6) is -0.684. The molecular formula is C14H21N3O3S. The number of nitrogens with zero attached hydrogens (tertiary/aromatic N) is 1. The molecule has 0 bridgehead atoms. The molecule has 1 fully saturated rings. The summed E-state index contributed by atoms with van der Waals surface area (Å²) in [7, 11) is 1.32. The van der Waals surface area contributed by atoms with Gasteiger partial charge in [-0.25, -0.2) is 4.79 Å². The average Bonchev–Trinajstić information content (AvgIpc) is 2.84. The van der Waals surface area contributed by atoms with Crippen molar-refractivity contribution in [3.05, 3.63) is 10.4 Å². The predicted octanol–water partition coefficient (Wildman–Crippen LogP) is 1.37. The van der Waals surface area contributed by atoms with Gasteiger partial charge in [0.05, 0.1) is 17.7 Å². The zero-order valence-electron chi connectivity index (χ0n) is 12.6. The first-order valence-corrected chi connectivity index (χ1v) is 7.79. The zero-order valence-corrected chi connectivity index (χ0v) is 13.4. The first-order valence-electron chi connectivity index (χ1n) is 6.97. The molecule has 0 saturated carbocycles. The predicted molar refractivity (Wildman–Crippen MR) is 84.3 cm³/mol. The van der Waals surface area contributed by atoms with Crippen LogP contribution < -0.4 is 16.0 Å². The molecule has 7 heteroatoms. The fourth-order valence-corrected chi connectivity index (χ4v) is 3.62. The minimum atomic E-state index is -0.486. The quantitative estimate of drug-likeness (QED) is 0.645. The van der Waals surface area contributed by atoms with Crippen molar-refractivity contribution in [1.29, 1.82) is 0 Å². The molecule has 1 aliphatic heterocycles. The zero-order chi connectivity index (χ0) is 15.6. The average molecular weight is 311 g/mol. The highest BCUT2D eigenvalue weighted by Gasteiger charge is 2.30. The molecule has 1 aromatic rings. The van der Waals surface area contributed by atoms with E-state index in [1.54, 1.807) is 0 Å². The van der Waals surface area contributed by atoms with Gasteiger partial charge in [-0.05, 0) is 0 Å². The van der Waals surface area contributed by atoms with E-state index >= 15 is 0 Å². The van der Waals surface area contributed by atoms with Gasteiger partial charge in [-0.1, -0.05) is 13.8 Å². The number of hydrogen-bond donors (Lipinski definition) is 2. The lowest BCUT2D eigenvalue weighted by Crippen LogP contribution is -2.43. The summed E-state index contributed by atoms with van der Waals surface area (Å²) in [6.07, 6.45) is 0. The van der Waals surface area contributed by atoms with Gasteiger partial charge >= 0.3 is 5.97 Å². The van der Waals surface area contributed by atoms with E-state index in [9.17, 15) is 9.59 Å². The van der Waals surface area contributed by atoms with E-state index in [1.807, 2.05) is 13.8 Å². The number of esters is 1. The van der Waals surface area contributed by atoms with Crippen molar-refractivity contribution in [2.75, 3.05) is 43.9 Å². The summed E-state index contributed by atoms with van der Waals surface area (Å²) in [5, 5.41) is 4.00. The largest absolute Gasteiger partial charge is 0.465 e. The summed E-state index contributed by atoms with van der Waals surface area (Å²) in [4.78, 5) is 26.9. The summed E-state index contributed by atoms with van der Waals surface area (Å²) in [6.45, 7) is 6.88. The number of thiophene rings is 1. The molecule has 6 nitrogen and oxygen atoms in total. The van der Waals surface area contributed by atoms with Crippen LogP contribution in [-0.4, -0.2) is 45.0 Å². The standard InChI is InChI=1S/C14H21N3O3S/c1-8(2)11(18)12-10(15)9(14(19)20-3)13(21-12)17-6-4-16-5-7-17/h8,16H,4-7,15H2,1-3H3. The first-order chi connectivity index (χ1) is 9.97. The topological polar surface area (TPSA) is 84.7 Å². The molecule has 0 unspecified atom stereocenters. The molecule has 21 heavy (non-hydrogen) atoms. The number of methoxy groups -OCH3 is 1. The number of rotatable bonds is 4. The van der Waals surface area contributed by atoms with E-state index in [0.29, 0.717) is 10.4 Å². The van der Waals surface area contributed by atoms with Gasteiger partial charge < -0.3 is 20.7 Å². The van der Waals surface area contributed by atoms with E-state index in [2.05, 4.69) is 10.2 Å². The van der Waals surface area contributed by atoms with Crippen molar-refractivity contribution < 1.29 is 14.3 Å². The minimum absolute atomic E-state index is 0.0379. The summed E-state index contributed by atoms with van der Waals surface area (Å²) >= 11 is 1.30. The van der Waals surface area contributed by atoms with Crippen LogP contribution in [0.2, 0.25) is 0 Å². The lowest BCUT2D eigenvalue weighted by atomic mass is 10.1. The summed E-state index contributed by atoms with van der Waals surface area (Å²) in [5.41, 5.74) is 6.65. The maximum Gasteiger partial charge on any atom is 0.343 e. The smallest absolute Gasteiger partial charge is 0.343 e. The number of anilines is 2. The Bertz CT molecular complexity index is 548. The van der Waals surface area contributed by atoms with Gasteiger partial charge in [0, 0.05) is 32.1 Å². The highest BCUT2D eigenvalue weighted by Crippen LogP contribution is 2.40. The molecule has 2 heterocycles. The third kappa shape index (κ3) is 3.03. The Morgan fingerprint density at radius 1 is 1.33 bits per heavy atom. The molecular weight excluding hydrogens is 290 g/mol. The number of carbonyl (C=O) groups excluding carboxylic acids is 2. The maximum absolute atomic E-state index is 12.3. The van der Waals surface area contributed by atoms with Gasteiger partial charge in [-0.2, -0.15) is 0 Å². The van der Waals surface area contributed by atoms with E-state index in [-0.39, 0.29) is 17.4 Å². The second kappa shape index (κ2) is 6.44. The van der Waals surface area contributed by atoms with E-state index in [1.165, 1.54) is 18.4 Å². The lowest BCUT2D eigenvalue weighted by molar-refractivity contribution is 0.0603. The number of nitrogen functional groups attached to an aromatic ring is 1. The molecule has 0 aliphatic carbocycles. The van der Waals surface area contributed by atoms with E-state index in [4.69, 9.17) is 10.5 Å². The molecule has 2 rings (SSSR count). The van der Waals surface area contributed by atoms with Crippen LogP contribution in [-0.2, 0) is 4.74 Å². The van der Waals surface area contributed by atoms with Crippen molar-refractivity contribution in [1.82, 2.24) is 5.32 Å². The van der Waals surface area contributed by atoms with Crippen molar-refractivity contribution in [3.8, 4) is 0 Å². The lowest BCUT2D eigenvalue weighted by Gasteiger charge is -2.28. The molecule has 116 valence electrons. The van der Waals surface area contributed by atoms with Crippen LogP contribution in [0.5, 0.6) is 0 Å². The number of nitrogens with one attached hydrogen (secondary N) is 1. The molecule has 0 aromatic carbocycles. The molecule has 0 radical (unpaired) electrons. The molecule has 0 amide bonds.